The van der Waals surface area contributed by atoms with Crippen LogP contribution in [0, 0.1) is 11.7 Å². The van der Waals surface area contributed by atoms with Crippen molar-refractivity contribution in [3.63, 3.8) is 0 Å². The Bertz CT molecular complexity index is 1590. The number of hydrogen-bond donors (Lipinski definition) is 2. The van der Waals surface area contributed by atoms with E-state index >= 15 is 0 Å². The van der Waals surface area contributed by atoms with E-state index in [0.717, 1.165) is 10.6 Å². The first kappa shape index (κ1) is 27.0. The summed E-state index contributed by atoms with van der Waals surface area (Å²) >= 11 is 0. The number of methoxy groups -OCH3 is 1. The van der Waals surface area contributed by atoms with Crippen LogP contribution in [-0.2, 0) is 16.1 Å². The molecule has 0 saturated carbocycles. The normalized spacial score (nSPS) is 12.4. The lowest BCUT2D eigenvalue weighted by atomic mass is 10.0. The lowest BCUT2D eigenvalue weighted by Crippen LogP contribution is -2.46. The number of aromatic nitrogens is 5. The molecule has 2 aromatic heterocycles. The highest BCUT2D eigenvalue weighted by atomic mass is 19.1. The molecule has 13 heteroatoms. The van der Waals surface area contributed by atoms with E-state index in [2.05, 4.69) is 20.3 Å². The highest BCUT2D eigenvalue weighted by Gasteiger charge is 2.27. The molecule has 4 aromatic rings. The molecule has 2 aromatic carbocycles. The molecule has 0 aliphatic rings. The molecule has 202 valence electrons. The topological polar surface area (TPSA) is 150 Å². The van der Waals surface area contributed by atoms with Gasteiger partial charge in [0, 0.05) is 24.1 Å². The Labute approximate surface area is 221 Å². The molecule has 0 saturated heterocycles. The number of ether oxygens (including phenoxy) is 2. The maximum absolute atomic E-state index is 14.8. The number of phenolic OH excluding ortho intramolecular Hbond substituents is 1. The highest BCUT2D eigenvalue weighted by Crippen LogP contribution is 2.26. The maximum Gasteiger partial charge on any atom is 0.355 e. The molecule has 2 atom stereocenters. The third kappa shape index (κ3) is 6.09. The van der Waals surface area contributed by atoms with E-state index in [9.17, 15) is 23.9 Å². The molecule has 0 aliphatic carbocycles. The van der Waals surface area contributed by atoms with E-state index in [1.54, 1.807) is 12.1 Å². The molecule has 2 heterocycles. The number of nitrogens with one attached hydrogen (secondary N) is 1. The van der Waals surface area contributed by atoms with Crippen LogP contribution in [0.15, 0.2) is 70.6 Å². The molecule has 0 unspecified atom stereocenters. The molecule has 0 aliphatic heterocycles. The summed E-state index contributed by atoms with van der Waals surface area (Å²) in [6.45, 7) is 3.02. The summed E-state index contributed by atoms with van der Waals surface area (Å²) in [5, 5.41) is 12.4. The molecule has 0 fully saturated rings. The van der Waals surface area contributed by atoms with Crippen molar-refractivity contribution < 1.29 is 23.8 Å². The summed E-state index contributed by atoms with van der Waals surface area (Å²) in [6.07, 6.45) is 4.18. The Balaban J connectivity index is 1.73. The Morgan fingerprint density at radius 2 is 1.87 bits per heavy atom. The minimum atomic E-state index is -0.907. The van der Waals surface area contributed by atoms with Gasteiger partial charge in [0.2, 0.25) is 11.8 Å². The minimum Gasteiger partial charge on any atom is -0.508 e. The van der Waals surface area contributed by atoms with Gasteiger partial charge in [-0.1, -0.05) is 12.1 Å². The summed E-state index contributed by atoms with van der Waals surface area (Å²) in [4.78, 5) is 50.5. The monoisotopic (exact) mass is 536 g/mol. The number of hydrogen-bond acceptors (Lipinski definition) is 10. The smallest absolute Gasteiger partial charge is 0.355 e. The number of halogens is 1. The van der Waals surface area contributed by atoms with Gasteiger partial charge in [0.25, 0.3) is 0 Å². The van der Waals surface area contributed by atoms with E-state index in [-0.39, 0.29) is 35.6 Å². The summed E-state index contributed by atoms with van der Waals surface area (Å²) in [5.41, 5.74) is -0.872. The van der Waals surface area contributed by atoms with Crippen LogP contribution in [0.1, 0.15) is 25.5 Å². The van der Waals surface area contributed by atoms with Crippen LogP contribution < -0.4 is 21.4 Å². The Morgan fingerprint density at radius 1 is 1.13 bits per heavy atom. The Hall–Kier alpha value is -5.07. The molecule has 2 N–H and O–H groups in total. The van der Waals surface area contributed by atoms with Gasteiger partial charge in [-0.25, -0.2) is 23.5 Å². The van der Waals surface area contributed by atoms with Crippen molar-refractivity contribution in [1.29, 1.82) is 0 Å². The number of nitrogens with zero attached hydrogens (tertiary/aromatic N) is 5. The average Bonchev–Trinajstić information content (AvgIpc) is 2.93. The maximum atomic E-state index is 14.8. The Morgan fingerprint density at radius 3 is 2.51 bits per heavy atom. The second-order valence-electron chi connectivity index (χ2n) is 8.59. The van der Waals surface area contributed by atoms with Crippen LogP contribution in [0.5, 0.6) is 17.4 Å². The summed E-state index contributed by atoms with van der Waals surface area (Å²) in [7, 11) is 1.21. The molecular formula is C26H25FN6O6. The van der Waals surface area contributed by atoms with Gasteiger partial charge < -0.3 is 19.9 Å². The van der Waals surface area contributed by atoms with Crippen LogP contribution in [0.3, 0.4) is 0 Å². The second-order valence-corrected chi connectivity index (χ2v) is 8.59. The number of anilines is 2. The lowest BCUT2D eigenvalue weighted by Gasteiger charge is -2.22. The van der Waals surface area contributed by atoms with Crippen molar-refractivity contribution in [3.8, 4) is 17.4 Å². The number of carbonyl (C=O) groups is 1. The van der Waals surface area contributed by atoms with E-state index < -0.39 is 35.1 Å². The van der Waals surface area contributed by atoms with Gasteiger partial charge in [-0.3, -0.25) is 14.3 Å². The number of phenols is 1. The van der Waals surface area contributed by atoms with Crippen LogP contribution in [0.2, 0.25) is 0 Å². The number of rotatable bonds is 9. The largest absolute Gasteiger partial charge is 0.508 e. The molecule has 39 heavy (non-hydrogen) atoms. The van der Waals surface area contributed by atoms with Crippen molar-refractivity contribution in [2.75, 3.05) is 12.4 Å². The fraction of sp³-hybridized carbons (Fsp3) is 0.231. The highest BCUT2D eigenvalue weighted by molar-refractivity contribution is 5.72. The minimum absolute atomic E-state index is 0.0346. The quantitative estimate of drug-likeness (QED) is 0.306. The van der Waals surface area contributed by atoms with Crippen molar-refractivity contribution in [2.24, 2.45) is 5.92 Å². The van der Waals surface area contributed by atoms with Crippen molar-refractivity contribution in [1.82, 2.24) is 24.1 Å². The van der Waals surface area contributed by atoms with E-state index in [1.807, 2.05) is 0 Å². The summed E-state index contributed by atoms with van der Waals surface area (Å²) < 4.78 is 27.0. The first-order valence-corrected chi connectivity index (χ1v) is 11.8. The van der Waals surface area contributed by atoms with Gasteiger partial charge in [-0.15, -0.1) is 0 Å². The fourth-order valence-corrected chi connectivity index (χ4v) is 3.73. The lowest BCUT2D eigenvalue weighted by molar-refractivity contribution is -0.146. The van der Waals surface area contributed by atoms with Gasteiger partial charge in [0.15, 0.2) is 11.6 Å². The summed E-state index contributed by atoms with van der Waals surface area (Å²) in [5.74, 6) is -2.30. The summed E-state index contributed by atoms with van der Waals surface area (Å²) in [6, 6.07) is 9.14. The van der Waals surface area contributed by atoms with Crippen LogP contribution in [0.4, 0.5) is 16.0 Å². The molecule has 0 bridgehead atoms. The van der Waals surface area contributed by atoms with Crippen molar-refractivity contribution in [2.45, 2.75) is 26.4 Å². The molecule has 4 rings (SSSR count). The third-order valence-corrected chi connectivity index (χ3v) is 6.02. The number of benzene rings is 2. The van der Waals surface area contributed by atoms with Gasteiger partial charge >= 0.3 is 17.3 Å². The number of carbonyl (C=O) groups excluding carboxylic acids is 1. The zero-order valence-corrected chi connectivity index (χ0v) is 21.2. The first-order chi connectivity index (χ1) is 18.7. The molecule has 0 spiro atoms. The predicted molar refractivity (Wildman–Crippen MR) is 138 cm³/mol. The van der Waals surface area contributed by atoms with Gasteiger partial charge in [-0.2, -0.15) is 4.98 Å². The second kappa shape index (κ2) is 11.5. The SMILES string of the molecule is COC(=O)[C@H](C)[C@H](C)n1c(=O)nc(Nc2ccc(Oc3cnccn3)c(F)c2)n(Cc2ccc(O)cc2)c1=O. The third-order valence-electron chi connectivity index (χ3n) is 6.02. The van der Waals surface area contributed by atoms with Crippen LogP contribution >= 0.6 is 0 Å². The predicted octanol–water partition coefficient (Wildman–Crippen LogP) is 2.99. The number of aromatic hydroxyl groups is 1. The van der Waals surface area contributed by atoms with E-state index in [0.29, 0.717) is 5.56 Å². The van der Waals surface area contributed by atoms with E-state index in [1.165, 1.54) is 68.4 Å². The van der Waals surface area contributed by atoms with Crippen LogP contribution in [0.25, 0.3) is 0 Å². The van der Waals surface area contributed by atoms with Gasteiger partial charge in [0.05, 0.1) is 31.8 Å². The van der Waals surface area contributed by atoms with Gasteiger partial charge in [0.1, 0.15) is 5.75 Å². The number of esters is 1. The average molecular weight is 537 g/mol. The standard InChI is InChI=1S/C26H25FN6O6/c1-15(23(35)38-3)16(2)33-25(36)31-24(32(26(33)37)14-17-4-7-19(34)8-5-17)30-18-6-9-21(20(27)12-18)39-22-13-28-10-11-29-22/h4-13,15-16,34H,14H2,1-3H3,(H,30,31,36)/t15-,16+/m1/s1. The van der Waals surface area contributed by atoms with Crippen molar-refractivity contribution >= 4 is 17.6 Å². The Kier molecular flexibility index (Phi) is 7.98. The molecular weight excluding hydrogens is 511 g/mol. The fourth-order valence-electron chi connectivity index (χ4n) is 3.73. The van der Waals surface area contributed by atoms with Crippen LogP contribution in [-0.4, -0.2) is 42.3 Å². The van der Waals surface area contributed by atoms with E-state index in [4.69, 9.17) is 9.47 Å². The first-order valence-electron chi connectivity index (χ1n) is 11.8. The zero-order chi connectivity index (χ0) is 28.1. The van der Waals surface area contributed by atoms with Gasteiger partial charge in [-0.05, 0) is 43.7 Å². The molecule has 0 radical (unpaired) electrons. The molecule has 12 nitrogen and oxygen atoms in total. The molecule has 0 amide bonds. The zero-order valence-electron chi connectivity index (χ0n) is 21.2. The van der Waals surface area contributed by atoms with Crippen molar-refractivity contribution in [3.05, 3.63) is 93.4 Å².